The van der Waals surface area contributed by atoms with Gasteiger partial charge in [-0.2, -0.15) is 13.2 Å². The maximum atomic E-state index is 14.2. The Balaban J connectivity index is 1.78. The molecule has 4 nitrogen and oxygen atoms in total. The molecule has 0 unspecified atom stereocenters. The summed E-state index contributed by atoms with van der Waals surface area (Å²) < 4.78 is 83.4. The van der Waals surface area contributed by atoms with Gasteiger partial charge in [-0.1, -0.05) is 24.3 Å². The van der Waals surface area contributed by atoms with Gasteiger partial charge in [-0.05, 0) is 47.5 Å². The number of benzene rings is 3. The minimum Gasteiger partial charge on any atom is -0.454 e. The average Bonchev–Trinajstić information content (AvgIpc) is 2.73. The van der Waals surface area contributed by atoms with Crippen molar-refractivity contribution < 1.29 is 30.7 Å². The molecule has 0 saturated carbocycles. The van der Waals surface area contributed by atoms with E-state index in [0.29, 0.717) is 16.5 Å². The molecule has 164 valence electrons. The largest absolute Gasteiger partial charge is 0.454 e. The van der Waals surface area contributed by atoms with Gasteiger partial charge in [0.15, 0.2) is 21.4 Å². The summed E-state index contributed by atoms with van der Waals surface area (Å²) in [5.41, 5.74) is -0.0227. The van der Waals surface area contributed by atoms with Crippen LogP contribution in [0.25, 0.3) is 22.0 Å². The number of halogens is 4. The number of nitrogens with zero attached hydrogens (tertiary/aromatic N) is 1. The number of aromatic nitrogens is 1. The molecule has 1 heterocycles. The van der Waals surface area contributed by atoms with E-state index in [4.69, 9.17) is 4.74 Å². The van der Waals surface area contributed by atoms with Gasteiger partial charge in [0.25, 0.3) is 0 Å². The van der Waals surface area contributed by atoms with E-state index in [1.54, 1.807) is 18.2 Å². The van der Waals surface area contributed by atoms with E-state index < -0.39 is 27.4 Å². The molecular formula is C23H15F4NO3S. The van der Waals surface area contributed by atoms with Gasteiger partial charge >= 0.3 is 6.18 Å². The van der Waals surface area contributed by atoms with E-state index in [-0.39, 0.29) is 21.9 Å². The van der Waals surface area contributed by atoms with Gasteiger partial charge in [0.1, 0.15) is 5.75 Å². The number of fused-ring (bicyclic) bond motifs is 1. The molecular weight excluding hydrogens is 446 g/mol. The van der Waals surface area contributed by atoms with Gasteiger partial charge in [0.2, 0.25) is 0 Å². The van der Waals surface area contributed by atoms with Crippen LogP contribution in [0.5, 0.6) is 11.5 Å². The molecule has 1 aromatic heterocycles. The van der Waals surface area contributed by atoms with E-state index in [2.05, 4.69) is 4.98 Å². The van der Waals surface area contributed by atoms with Crippen molar-refractivity contribution in [1.29, 1.82) is 0 Å². The van der Waals surface area contributed by atoms with E-state index in [1.165, 1.54) is 30.5 Å². The Kier molecular flexibility index (Phi) is 5.37. The highest BCUT2D eigenvalue weighted by Crippen LogP contribution is 2.38. The molecule has 0 radical (unpaired) electrons. The maximum absolute atomic E-state index is 14.2. The minimum atomic E-state index is -4.56. The summed E-state index contributed by atoms with van der Waals surface area (Å²) >= 11 is 0. The molecule has 3 aromatic carbocycles. The normalized spacial score (nSPS) is 12.2. The monoisotopic (exact) mass is 461 g/mol. The lowest BCUT2D eigenvalue weighted by Crippen LogP contribution is -2.06. The van der Waals surface area contributed by atoms with Crippen molar-refractivity contribution in [2.45, 2.75) is 11.1 Å². The number of rotatable bonds is 4. The quantitative estimate of drug-likeness (QED) is 0.266. The van der Waals surface area contributed by atoms with Crippen LogP contribution in [0.2, 0.25) is 0 Å². The van der Waals surface area contributed by atoms with Crippen LogP contribution in [0, 0.1) is 5.82 Å². The second-order valence-corrected chi connectivity index (χ2v) is 9.07. The third kappa shape index (κ3) is 4.29. The third-order valence-corrected chi connectivity index (χ3v) is 5.89. The maximum Gasteiger partial charge on any atom is 0.418 e. The number of alkyl halides is 3. The van der Waals surface area contributed by atoms with Crippen molar-refractivity contribution in [1.82, 2.24) is 4.98 Å². The number of sulfone groups is 1. The highest BCUT2D eigenvalue weighted by atomic mass is 32.2. The number of hydrogen-bond donors (Lipinski definition) is 0. The van der Waals surface area contributed by atoms with E-state index in [0.717, 1.165) is 30.5 Å². The Labute approximate surface area is 181 Å². The molecule has 4 aromatic rings. The average molecular weight is 461 g/mol. The number of pyridine rings is 1. The van der Waals surface area contributed by atoms with Crippen molar-refractivity contribution in [2.75, 3.05) is 6.26 Å². The van der Waals surface area contributed by atoms with Crippen LogP contribution in [0.15, 0.2) is 77.8 Å². The molecule has 32 heavy (non-hydrogen) atoms. The van der Waals surface area contributed by atoms with Gasteiger partial charge in [0.05, 0.1) is 16.0 Å². The summed E-state index contributed by atoms with van der Waals surface area (Å²) in [6.07, 6.45) is -2.28. The Morgan fingerprint density at radius 1 is 0.938 bits per heavy atom. The zero-order valence-electron chi connectivity index (χ0n) is 16.5. The summed E-state index contributed by atoms with van der Waals surface area (Å²) in [4.78, 5) is 3.80. The highest BCUT2D eigenvalue weighted by molar-refractivity contribution is 7.90. The fourth-order valence-electron chi connectivity index (χ4n) is 3.30. The van der Waals surface area contributed by atoms with E-state index >= 15 is 0 Å². The van der Waals surface area contributed by atoms with Crippen LogP contribution < -0.4 is 4.74 Å². The zero-order valence-corrected chi connectivity index (χ0v) is 17.3. The first kappa shape index (κ1) is 21.8. The van der Waals surface area contributed by atoms with Crippen LogP contribution in [0.4, 0.5) is 17.6 Å². The third-order valence-electron chi connectivity index (χ3n) is 4.78. The van der Waals surface area contributed by atoms with E-state index in [1.807, 2.05) is 0 Å². The van der Waals surface area contributed by atoms with Crippen LogP contribution >= 0.6 is 0 Å². The van der Waals surface area contributed by atoms with Crippen molar-refractivity contribution >= 4 is 20.7 Å². The number of ether oxygens (including phenoxy) is 1. The number of hydrogen-bond acceptors (Lipinski definition) is 4. The summed E-state index contributed by atoms with van der Waals surface area (Å²) in [5, 5.41) is 0.296. The molecule has 0 aliphatic carbocycles. The molecule has 0 saturated heterocycles. The Morgan fingerprint density at radius 2 is 1.69 bits per heavy atom. The first-order valence-electron chi connectivity index (χ1n) is 9.27. The molecule has 0 aliphatic heterocycles. The summed E-state index contributed by atoms with van der Waals surface area (Å²) in [6.45, 7) is 0. The summed E-state index contributed by atoms with van der Waals surface area (Å²) in [6, 6.07) is 14.9. The fraction of sp³-hybridized carbons (Fsp3) is 0.0870. The Morgan fingerprint density at radius 3 is 2.41 bits per heavy atom. The van der Waals surface area contributed by atoms with Crippen LogP contribution in [0.1, 0.15) is 5.56 Å². The molecule has 0 spiro atoms. The van der Waals surface area contributed by atoms with Crippen molar-refractivity contribution in [3.05, 3.63) is 84.3 Å². The Hall–Kier alpha value is -3.46. The zero-order chi connectivity index (χ0) is 23.1. The molecule has 0 amide bonds. The lowest BCUT2D eigenvalue weighted by Gasteiger charge is -2.13. The van der Waals surface area contributed by atoms with Crippen LogP contribution in [-0.4, -0.2) is 19.7 Å². The molecule has 0 aliphatic rings. The molecule has 4 rings (SSSR count). The van der Waals surface area contributed by atoms with Crippen molar-refractivity contribution in [3.8, 4) is 22.6 Å². The SMILES string of the molecule is CS(=O)(=O)c1ccc(F)c(Oc2cccc(-c3ccnc4c(C(F)(F)F)cccc34)c2)c1. The van der Waals surface area contributed by atoms with Gasteiger partial charge in [-0.25, -0.2) is 12.8 Å². The van der Waals surface area contributed by atoms with Gasteiger partial charge < -0.3 is 4.74 Å². The Bertz CT molecular complexity index is 1430. The molecule has 9 heteroatoms. The topological polar surface area (TPSA) is 56.3 Å². The van der Waals surface area contributed by atoms with E-state index in [9.17, 15) is 26.0 Å². The van der Waals surface area contributed by atoms with Crippen LogP contribution in [-0.2, 0) is 16.0 Å². The molecule has 0 fully saturated rings. The lowest BCUT2D eigenvalue weighted by molar-refractivity contribution is -0.136. The predicted molar refractivity (Wildman–Crippen MR) is 112 cm³/mol. The first-order valence-corrected chi connectivity index (χ1v) is 11.2. The minimum absolute atomic E-state index is 0.107. The predicted octanol–water partition coefficient (Wildman–Crippen LogP) is 6.26. The summed E-state index contributed by atoms with van der Waals surface area (Å²) in [5.74, 6) is -0.861. The number of para-hydroxylation sites is 1. The van der Waals surface area contributed by atoms with Gasteiger partial charge in [-0.3, -0.25) is 4.98 Å². The summed E-state index contributed by atoms with van der Waals surface area (Å²) in [7, 11) is -3.57. The van der Waals surface area contributed by atoms with Crippen LogP contribution in [0.3, 0.4) is 0 Å². The highest BCUT2D eigenvalue weighted by Gasteiger charge is 2.33. The molecule has 0 bridgehead atoms. The van der Waals surface area contributed by atoms with Gasteiger partial charge in [0, 0.05) is 23.9 Å². The van der Waals surface area contributed by atoms with Crippen molar-refractivity contribution in [2.24, 2.45) is 0 Å². The molecule has 0 N–H and O–H groups in total. The smallest absolute Gasteiger partial charge is 0.418 e. The first-order chi connectivity index (χ1) is 15.0. The second-order valence-electron chi connectivity index (χ2n) is 7.05. The van der Waals surface area contributed by atoms with Crippen molar-refractivity contribution in [3.63, 3.8) is 0 Å². The fourth-order valence-corrected chi connectivity index (χ4v) is 3.94. The standard InChI is InChI=1S/C23H15F4NO3S/c1-32(29,30)16-8-9-20(24)21(13-16)31-15-5-2-4-14(12-15)17-10-11-28-22-18(17)6-3-7-19(22)23(25,26)27/h2-13H,1H3. The molecule has 0 atom stereocenters. The lowest BCUT2D eigenvalue weighted by atomic mass is 9.99. The van der Waals surface area contributed by atoms with Gasteiger partial charge in [-0.15, -0.1) is 0 Å². The second kappa shape index (κ2) is 7.90.